The predicted molar refractivity (Wildman–Crippen MR) is 135 cm³/mol. The van der Waals surface area contributed by atoms with Crippen molar-refractivity contribution in [2.24, 2.45) is 0 Å². The quantitative estimate of drug-likeness (QED) is 0.456. The molecule has 2 aromatic carbocycles. The Morgan fingerprint density at radius 2 is 2.15 bits per heavy atom. The fraction of sp³-hybridized carbons (Fsp3) is 0.320. The van der Waals surface area contributed by atoms with E-state index in [1.807, 2.05) is 56.3 Å². The van der Waals surface area contributed by atoms with Crippen LogP contribution in [0.15, 0.2) is 48.8 Å². The lowest BCUT2D eigenvalue weighted by Gasteiger charge is -2.18. The summed E-state index contributed by atoms with van der Waals surface area (Å²) in [4.78, 5) is 23.4. The summed E-state index contributed by atoms with van der Waals surface area (Å²) >= 11 is 6.29. The molecule has 0 aliphatic carbocycles. The van der Waals surface area contributed by atoms with Crippen LogP contribution in [0.3, 0.4) is 0 Å². The van der Waals surface area contributed by atoms with Crippen molar-refractivity contribution in [3.63, 3.8) is 0 Å². The Morgan fingerprint density at radius 1 is 1.29 bits per heavy atom. The molecule has 4 rings (SSSR count). The number of hydrogen-bond donors (Lipinski definition) is 2. The third-order valence-corrected chi connectivity index (χ3v) is 5.76. The summed E-state index contributed by atoms with van der Waals surface area (Å²) < 4.78 is 11.6. The molecule has 2 N–H and O–H groups in total. The summed E-state index contributed by atoms with van der Waals surface area (Å²) in [7, 11) is 3.88. The second-order valence-corrected chi connectivity index (χ2v) is 8.84. The van der Waals surface area contributed by atoms with Crippen molar-refractivity contribution in [3.8, 4) is 5.75 Å². The Labute approximate surface area is 203 Å². The van der Waals surface area contributed by atoms with E-state index in [4.69, 9.17) is 21.1 Å². The number of hydrogen-bond acceptors (Lipinski definition) is 7. The number of nitrogens with zero attached hydrogens (tertiary/aromatic N) is 3. The van der Waals surface area contributed by atoms with Gasteiger partial charge in [0.1, 0.15) is 24.0 Å². The highest BCUT2D eigenvalue weighted by atomic mass is 35.5. The maximum absolute atomic E-state index is 12.6. The van der Waals surface area contributed by atoms with Gasteiger partial charge in [-0.2, -0.15) is 0 Å². The zero-order valence-corrected chi connectivity index (χ0v) is 20.2. The van der Waals surface area contributed by atoms with Crippen molar-refractivity contribution in [2.45, 2.75) is 19.4 Å². The molecule has 8 nitrogen and oxygen atoms in total. The Kier molecular flexibility index (Phi) is 7.62. The number of aromatic nitrogens is 2. The Morgan fingerprint density at radius 3 is 2.88 bits per heavy atom. The largest absolute Gasteiger partial charge is 0.486 e. The predicted octanol–water partition coefficient (Wildman–Crippen LogP) is 4.56. The SMILES string of the molecule is Cc1ccc(Nc2ncnc3cc(O[C@H]4CCOC4)c(NC(=O)/C=C/CN(C)C)cc23)cc1Cl. The van der Waals surface area contributed by atoms with E-state index in [-0.39, 0.29) is 12.0 Å². The normalized spacial score (nSPS) is 15.9. The minimum Gasteiger partial charge on any atom is -0.486 e. The van der Waals surface area contributed by atoms with Crippen molar-refractivity contribution < 1.29 is 14.3 Å². The Balaban J connectivity index is 1.68. The molecule has 178 valence electrons. The first kappa shape index (κ1) is 23.9. The van der Waals surface area contributed by atoms with E-state index in [1.54, 1.807) is 6.08 Å². The topological polar surface area (TPSA) is 88.6 Å². The molecule has 1 aliphatic heterocycles. The van der Waals surface area contributed by atoms with Crippen molar-refractivity contribution in [2.75, 3.05) is 44.5 Å². The molecule has 1 atom stereocenters. The molecule has 0 radical (unpaired) electrons. The van der Waals surface area contributed by atoms with Crippen LogP contribution < -0.4 is 15.4 Å². The van der Waals surface area contributed by atoms with E-state index in [0.29, 0.717) is 47.6 Å². The first-order chi connectivity index (χ1) is 16.4. The monoisotopic (exact) mass is 481 g/mol. The van der Waals surface area contributed by atoms with Crippen LogP contribution in [0.4, 0.5) is 17.2 Å². The highest BCUT2D eigenvalue weighted by Gasteiger charge is 2.20. The molecular formula is C25H28ClN5O3. The average molecular weight is 482 g/mol. The number of rotatable bonds is 8. The Hall–Kier alpha value is -3.20. The molecular weight excluding hydrogens is 454 g/mol. The number of carbonyl (C=O) groups is 1. The number of fused-ring (bicyclic) bond motifs is 1. The van der Waals surface area contributed by atoms with Gasteiger partial charge in [0, 0.05) is 41.2 Å². The van der Waals surface area contributed by atoms with Crippen LogP contribution in [0.1, 0.15) is 12.0 Å². The molecule has 0 saturated carbocycles. The van der Waals surface area contributed by atoms with Crippen LogP contribution in [0.2, 0.25) is 5.02 Å². The van der Waals surface area contributed by atoms with Crippen LogP contribution in [0.5, 0.6) is 5.75 Å². The number of carbonyl (C=O) groups excluding carboxylic acids is 1. The van der Waals surface area contributed by atoms with Gasteiger partial charge in [-0.3, -0.25) is 4.79 Å². The molecule has 1 aromatic heterocycles. The van der Waals surface area contributed by atoms with E-state index in [2.05, 4.69) is 20.6 Å². The van der Waals surface area contributed by atoms with E-state index < -0.39 is 0 Å². The molecule has 9 heteroatoms. The molecule has 1 saturated heterocycles. The van der Waals surface area contributed by atoms with Gasteiger partial charge in [-0.05, 0) is 44.8 Å². The van der Waals surface area contributed by atoms with Crippen molar-refractivity contribution >= 4 is 45.6 Å². The van der Waals surface area contributed by atoms with Gasteiger partial charge in [0.2, 0.25) is 5.91 Å². The number of amides is 1. The van der Waals surface area contributed by atoms with E-state index in [9.17, 15) is 4.79 Å². The van der Waals surface area contributed by atoms with Gasteiger partial charge in [0.05, 0.1) is 24.4 Å². The summed E-state index contributed by atoms with van der Waals surface area (Å²) in [5.41, 5.74) is 3.02. The number of aryl methyl sites for hydroxylation is 1. The summed E-state index contributed by atoms with van der Waals surface area (Å²) in [5.74, 6) is 0.894. The molecule has 34 heavy (non-hydrogen) atoms. The summed E-state index contributed by atoms with van der Waals surface area (Å²) in [6.07, 6.45) is 5.52. The highest BCUT2D eigenvalue weighted by molar-refractivity contribution is 6.31. The third kappa shape index (κ3) is 6.02. The number of anilines is 3. The number of ether oxygens (including phenoxy) is 2. The van der Waals surface area contributed by atoms with Crippen LogP contribution in [0.25, 0.3) is 10.9 Å². The smallest absolute Gasteiger partial charge is 0.248 e. The Bertz CT molecular complexity index is 1210. The maximum Gasteiger partial charge on any atom is 0.248 e. The first-order valence-electron chi connectivity index (χ1n) is 11.1. The van der Waals surface area contributed by atoms with Crippen LogP contribution in [-0.2, 0) is 9.53 Å². The minimum absolute atomic E-state index is 0.0773. The lowest BCUT2D eigenvalue weighted by molar-refractivity contribution is -0.111. The average Bonchev–Trinajstić information content (AvgIpc) is 3.30. The van der Waals surface area contributed by atoms with Gasteiger partial charge in [0.15, 0.2) is 0 Å². The minimum atomic E-state index is -0.245. The van der Waals surface area contributed by atoms with Crippen molar-refractivity contribution in [1.29, 1.82) is 0 Å². The fourth-order valence-electron chi connectivity index (χ4n) is 3.52. The fourth-order valence-corrected chi connectivity index (χ4v) is 3.70. The van der Waals surface area contributed by atoms with Crippen molar-refractivity contribution in [1.82, 2.24) is 14.9 Å². The summed E-state index contributed by atoms with van der Waals surface area (Å²) in [5, 5.41) is 7.65. The lowest BCUT2D eigenvalue weighted by Crippen LogP contribution is -2.18. The molecule has 3 aromatic rings. The van der Waals surface area contributed by atoms with Crippen LogP contribution in [-0.4, -0.2) is 60.7 Å². The van der Waals surface area contributed by atoms with Gasteiger partial charge in [0.25, 0.3) is 0 Å². The van der Waals surface area contributed by atoms with Gasteiger partial charge in [-0.1, -0.05) is 23.7 Å². The van der Waals surface area contributed by atoms with Crippen LogP contribution in [0, 0.1) is 6.92 Å². The standard InChI is InChI=1S/C25H28ClN5O3/c1-16-6-7-17(11-20(16)26)29-25-19-12-22(30-24(32)5-4-9-31(2)3)23(13-21(19)27-15-28-25)34-18-8-10-33-14-18/h4-7,11-13,15,18H,8-10,14H2,1-3H3,(H,30,32)(H,27,28,29)/b5-4+/t18-/m0/s1. The zero-order valence-electron chi connectivity index (χ0n) is 19.5. The molecule has 1 fully saturated rings. The zero-order chi connectivity index (χ0) is 24.1. The van der Waals surface area contributed by atoms with Gasteiger partial charge < -0.3 is 25.0 Å². The number of likely N-dealkylation sites (N-methyl/N-ethyl adjacent to an activating group) is 1. The second kappa shape index (κ2) is 10.8. The lowest BCUT2D eigenvalue weighted by atomic mass is 10.1. The molecule has 1 amide bonds. The molecule has 0 spiro atoms. The molecule has 2 heterocycles. The van der Waals surface area contributed by atoms with Crippen LogP contribution >= 0.6 is 11.6 Å². The van der Waals surface area contributed by atoms with Gasteiger partial charge in [-0.25, -0.2) is 9.97 Å². The first-order valence-corrected chi connectivity index (χ1v) is 11.5. The number of nitrogens with one attached hydrogen (secondary N) is 2. The molecule has 1 aliphatic rings. The van der Waals surface area contributed by atoms with E-state index in [1.165, 1.54) is 12.4 Å². The van der Waals surface area contributed by atoms with Crippen molar-refractivity contribution in [3.05, 3.63) is 59.4 Å². The maximum atomic E-state index is 12.6. The van der Waals surface area contributed by atoms with Gasteiger partial charge >= 0.3 is 0 Å². The van der Waals surface area contributed by atoms with E-state index >= 15 is 0 Å². The number of benzene rings is 2. The summed E-state index contributed by atoms with van der Waals surface area (Å²) in [6, 6.07) is 9.37. The molecule has 0 bridgehead atoms. The highest BCUT2D eigenvalue weighted by Crippen LogP contribution is 2.35. The summed E-state index contributed by atoms with van der Waals surface area (Å²) in [6.45, 7) is 3.78. The van der Waals surface area contributed by atoms with Gasteiger partial charge in [-0.15, -0.1) is 0 Å². The third-order valence-electron chi connectivity index (χ3n) is 5.35. The second-order valence-electron chi connectivity index (χ2n) is 8.43. The van der Waals surface area contributed by atoms with E-state index in [0.717, 1.165) is 23.1 Å². The molecule has 0 unspecified atom stereocenters. The number of halogens is 1.